The number of hydrogen-bond donors (Lipinski definition) is 0. The van der Waals surface area contributed by atoms with Gasteiger partial charge in [-0.05, 0) is 92.7 Å². The van der Waals surface area contributed by atoms with Crippen molar-refractivity contribution >= 4 is 0 Å². The summed E-state index contributed by atoms with van der Waals surface area (Å²) in [5.41, 5.74) is 0.934. The van der Waals surface area contributed by atoms with Crippen LogP contribution in [0, 0.1) is 35.3 Å². The number of benzene rings is 1. The zero-order valence-corrected chi connectivity index (χ0v) is 14.7. The van der Waals surface area contributed by atoms with Crippen LogP contribution in [0.3, 0.4) is 0 Å². The minimum Gasteiger partial charge on any atom is -0.204 e. The highest BCUT2D eigenvalue weighted by Gasteiger charge is 2.35. The van der Waals surface area contributed by atoms with Gasteiger partial charge < -0.3 is 0 Å². The van der Waals surface area contributed by atoms with Crippen LogP contribution >= 0.6 is 0 Å². The normalized spacial score (nSPS) is 29.9. The predicted octanol–water partition coefficient (Wildman–Crippen LogP) is 6.70. The van der Waals surface area contributed by atoms with E-state index in [9.17, 15) is 8.78 Å². The van der Waals surface area contributed by atoms with Gasteiger partial charge in [0.05, 0.1) is 0 Å². The van der Waals surface area contributed by atoms with Crippen molar-refractivity contribution in [3.05, 3.63) is 48.1 Å². The molecule has 2 aliphatic carbocycles. The van der Waals surface area contributed by atoms with Crippen LogP contribution in [0.25, 0.3) is 0 Å². The van der Waals surface area contributed by atoms with E-state index in [0.717, 1.165) is 42.1 Å². The minimum absolute atomic E-state index is 0.714. The van der Waals surface area contributed by atoms with Crippen molar-refractivity contribution in [1.82, 2.24) is 0 Å². The van der Waals surface area contributed by atoms with Crippen molar-refractivity contribution < 1.29 is 8.78 Å². The van der Waals surface area contributed by atoms with E-state index in [4.69, 9.17) is 0 Å². The monoisotopic (exact) mass is 332 g/mol. The molecular formula is C22H30F2. The third-order valence-corrected chi connectivity index (χ3v) is 6.43. The second-order valence-electron chi connectivity index (χ2n) is 8.03. The molecule has 4 unspecified atom stereocenters. The molecule has 1 aromatic carbocycles. The zero-order valence-electron chi connectivity index (χ0n) is 14.7. The maximum absolute atomic E-state index is 13.3. The van der Waals surface area contributed by atoms with Gasteiger partial charge in [-0.1, -0.05) is 25.0 Å². The fourth-order valence-corrected chi connectivity index (χ4v) is 5.03. The maximum atomic E-state index is 13.3. The van der Waals surface area contributed by atoms with Crippen molar-refractivity contribution in [2.24, 2.45) is 23.7 Å². The van der Waals surface area contributed by atoms with E-state index in [1.807, 2.05) is 0 Å². The van der Waals surface area contributed by atoms with Gasteiger partial charge in [0.1, 0.15) is 0 Å². The molecule has 0 aromatic heterocycles. The second kappa shape index (κ2) is 8.27. The van der Waals surface area contributed by atoms with Gasteiger partial charge in [0.2, 0.25) is 0 Å². The van der Waals surface area contributed by atoms with Crippen LogP contribution in [-0.4, -0.2) is 0 Å². The Labute approximate surface area is 145 Å². The number of hydrogen-bond acceptors (Lipinski definition) is 0. The van der Waals surface area contributed by atoms with Crippen LogP contribution in [0.1, 0.15) is 63.4 Å². The second-order valence-corrected chi connectivity index (χ2v) is 8.03. The quantitative estimate of drug-likeness (QED) is 0.509. The van der Waals surface area contributed by atoms with Gasteiger partial charge in [-0.3, -0.25) is 0 Å². The summed E-state index contributed by atoms with van der Waals surface area (Å²) >= 11 is 0. The number of allylic oxidation sites excluding steroid dienone is 1. The van der Waals surface area contributed by atoms with Crippen LogP contribution in [0.2, 0.25) is 0 Å². The molecule has 1 aromatic rings. The number of rotatable bonds is 6. The zero-order chi connectivity index (χ0) is 16.9. The van der Waals surface area contributed by atoms with E-state index >= 15 is 0 Å². The Kier molecular flexibility index (Phi) is 6.08. The first-order chi connectivity index (χ1) is 11.7. The largest absolute Gasteiger partial charge is 0.204 e. The lowest BCUT2D eigenvalue weighted by Crippen LogP contribution is -2.31. The number of halogens is 2. The molecule has 0 bridgehead atoms. The van der Waals surface area contributed by atoms with Gasteiger partial charge in [0, 0.05) is 0 Å². The van der Waals surface area contributed by atoms with Crippen LogP contribution in [0.4, 0.5) is 8.78 Å². The molecule has 0 heterocycles. The predicted molar refractivity (Wildman–Crippen MR) is 95.8 cm³/mol. The molecule has 0 spiro atoms. The number of fused-ring (bicyclic) bond motifs is 1. The Bertz CT molecular complexity index is 551. The molecule has 3 rings (SSSR count). The molecule has 2 fully saturated rings. The van der Waals surface area contributed by atoms with Crippen molar-refractivity contribution in [2.45, 2.75) is 64.2 Å². The van der Waals surface area contributed by atoms with Gasteiger partial charge in [-0.25, -0.2) is 8.78 Å². The molecule has 2 saturated carbocycles. The third-order valence-electron chi connectivity index (χ3n) is 6.43. The molecule has 132 valence electrons. The van der Waals surface area contributed by atoms with E-state index in [0.29, 0.717) is 0 Å². The summed E-state index contributed by atoms with van der Waals surface area (Å²) in [5.74, 6) is 2.08. The summed E-state index contributed by atoms with van der Waals surface area (Å²) in [7, 11) is 0. The Hall–Kier alpha value is -1.18. The Morgan fingerprint density at radius 3 is 2.21 bits per heavy atom. The highest BCUT2D eigenvalue weighted by molar-refractivity contribution is 5.17. The van der Waals surface area contributed by atoms with E-state index in [-0.39, 0.29) is 0 Å². The van der Waals surface area contributed by atoms with Crippen LogP contribution in [0.15, 0.2) is 30.9 Å². The average Bonchev–Trinajstić information content (AvgIpc) is 2.60. The van der Waals surface area contributed by atoms with Crippen molar-refractivity contribution in [1.29, 1.82) is 0 Å². The molecule has 0 amide bonds. The van der Waals surface area contributed by atoms with Crippen LogP contribution in [0.5, 0.6) is 0 Å². The van der Waals surface area contributed by atoms with E-state index in [2.05, 4.69) is 12.7 Å². The molecule has 0 radical (unpaired) electrons. The molecule has 0 aliphatic heterocycles. The lowest BCUT2D eigenvalue weighted by Gasteiger charge is -2.42. The van der Waals surface area contributed by atoms with Gasteiger partial charge in [-0.2, -0.15) is 0 Å². The molecular weight excluding hydrogens is 302 g/mol. The lowest BCUT2D eigenvalue weighted by molar-refractivity contribution is 0.0927. The summed E-state index contributed by atoms with van der Waals surface area (Å²) in [6.45, 7) is 3.85. The summed E-state index contributed by atoms with van der Waals surface area (Å²) in [6.07, 6.45) is 14.8. The van der Waals surface area contributed by atoms with Crippen molar-refractivity contribution in [2.75, 3.05) is 0 Å². The standard InChI is InChI=1S/C22H30F2/c1-2-3-4-16-7-10-20-14-17(8-11-19(20)13-16)5-6-18-9-12-21(23)22(24)15-18/h2,9,12,15-17,19-20H,1,3-8,10-11,13-14H2. The van der Waals surface area contributed by atoms with E-state index < -0.39 is 11.6 Å². The third kappa shape index (κ3) is 4.46. The van der Waals surface area contributed by atoms with Crippen LogP contribution in [-0.2, 0) is 6.42 Å². The summed E-state index contributed by atoms with van der Waals surface area (Å²) < 4.78 is 26.3. The van der Waals surface area contributed by atoms with Crippen LogP contribution < -0.4 is 0 Å². The molecule has 0 nitrogen and oxygen atoms in total. The molecule has 0 N–H and O–H groups in total. The molecule has 2 aliphatic rings. The molecule has 0 saturated heterocycles. The Balaban J connectivity index is 1.46. The topological polar surface area (TPSA) is 0 Å². The highest BCUT2D eigenvalue weighted by Crippen LogP contribution is 2.46. The molecule has 24 heavy (non-hydrogen) atoms. The first-order valence-corrected chi connectivity index (χ1v) is 9.70. The fourth-order valence-electron chi connectivity index (χ4n) is 5.03. The van der Waals surface area contributed by atoms with Crippen molar-refractivity contribution in [3.63, 3.8) is 0 Å². The first kappa shape index (κ1) is 17.6. The summed E-state index contributed by atoms with van der Waals surface area (Å²) in [4.78, 5) is 0. The van der Waals surface area contributed by atoms with Gasteiger partial charge in [0.25, 0.3) is 0 Å². The first-order valence-electron chi connectivity index (χ1n) is 9.70. The number of aryl methyl sites for hydroxylation is 1. The fraction of sp³-hybridized carbons (Fsp3) is 0.636. The average molecular weight is 332 g/mol. The van der Waals surface area contributed by atoms with Crippen molar-refractivity contribution in [3.8, 4) is 0 Å². The van der Waals surface area contributed by atoms with Gasteiger partial charge >= 0.3 is 0 Å². The minimum atomic E-state index is -0.743. The Morgan fingerprint density at radius 2 is 1.58 bits per heavy atom. The lowest BCUT2D eigenvalue weighted by atomic mass is 9.63. The van der Waals surface area contributed by atoms with Gasteiger partial charge in [-0.15, -0.1) is 6.58 Å². The highest BCUT2D eigenvalue weighted by atomic mass is 19.2. The maximum Gasteiger partial charge on any atom is 0.159 e. The molecule has 4 atom stereocenters. The summed E-state index contributed by atoms with van der Waals surface area (Å²) in [6, 6.07) is 4.35. The SMILES string of the molecule is C=CCCC1CCC2CC(CCc3ccc(F)c(F)c3)CCC2C1. The smallest absolute Gasteiger partial charge is 0.159 e. The van der Waals surface area contributed by atoms with E-state index in [1.165, 1.54) is 63.5 Å². The van der Waals surface area contributed by atoms with E-state index in [1.54, 1.807) is 6.07 Å². The van der Waals surface area contributed by atoms with Gasteiger partial charge in [0.15, 0.2) is 11.6 Å². The molecule has 2 heteroatoms. The summed E-state index contributed by atoms with van der Waals surface area (Å²) in [5, 5.41) is 0. The Morgan fingerprint density at radius 1 is 0.917 bits per heavy atom.